The molecule has 0 bridgehead atoms. The quantitative estimate of drug-likeness (QED) is 0.611. The Bertz CT molecular complexity index is 585. The van der Waals surface area contributed by atoms with E-state index in [1.54, 1.807) is 18.5 Å². The minimum absolute atomic E-state index is 0.0167. The molecule has 2 aromatic rings. The van der Waals surface area contributed by atoms with Crippen LogP contribution in [0.3, 0.4) is 0 Å². The van der Waals surface area contributed by atoms with E-state index in [1.165, 1.54) is 0 Å². The van der Waals surface area contributed by atoms with Gasteiger partial charge < -0.3 is 0 Å². The normalized spacial score (nSPS) is 10.3. The number of carbonyl (C=O) groups excluding carboxylic acids is 2. The maximum absolute atomic E-state index is 12.0. The molecule has 0 atom stereocenters. The molecule has 1 aromatic heterocycles. The second kappa shape index (κ2) is 4.96. The maximum Gasteiger partial charge on any atom is 0.181 e. The first-order valence-electron chi connectivity index (χ1n) is 5.82. The van der Waals surface area contributed by atoms with Crippen LogP contribution in [-0.4, -0.2) is 21.8 Å². The number of hydrogen-bond donors (Lipinski definition) is 0. The zero-order valence-electron chi connectivity index (χ0n) is 10.4. The van der Waals surface area contributed by atoms with E-state index >= 15 is 0 Å². The second-order valence-corrected chi connectivity index (χ2v) is 4.00. The first-order chi connectivity index (χ1) is 8.69. The molecule has 0 unspecified atom stereocenters. The summed E-state index contributed by atoms with van der Waals surface area (Å²) in [6.45, 7) is 3.55. The van der Waals surface area contributed by atoms with Crippen LogP contribution >= 0.6 is 0 Å². The highest BCUT2D eigenvalue weighted by atomic mass is 16.1. The fourth-order valence-corrected chi connectivity index (χ4v) is 1.88. The number of rotatable bonds is 4. The molecular formula is C14H14N2O2. The van der Waals surface area contributed by atoms with Crippen LogP contribution in [0.15, 0.2) is 30.3 Å². The van der Waals surface area contributed by atoms with E-state index in [4.69, 9.17) is 0 Å². The monoisotopic (exact) mass is 242 g/mol. The Balaban J connectivity index is 2.67. The number of para-hydroxylation sites is 1. The van der Waals surface area contributed by atoms with Gasteiger partial charge in [-0.15, -0.1) is 0 Å². The van der Waals surface area contributed by atoms with E-state index in [9.17, 15) is 9.59 Å². The van der Waals surface area contributed by atoms with Crippen molar-refractivity contribution in [2.75, 3.05) is 0 Å². The first kappa shape index (κ1) is 12.2. The summed E-state index contributed by atoms with van der Waals surface area (Å²) in [6.07, 6.45) is 1.07. The molecule has 4 heteroatoms. The minimum Gasteiger partial charge on any atom is -0.296 e. The number of aromatic nitrogens is 2. The van der Waals surface area contributed by atoms with Crippen molar-refractivity contribution in [3.63, 3.8) is 0 Å². The molecule has 0 saturated carbocycles. The van der Waals surface area contributed by atoms with E-state index in [0.29, 0.717) is 29.7 Å². The molecule has 1 aromatic carbocycles. The molecule has 2 rings (SSSR count). The number of Topliss-reactive ketones (excluding diaryl/α,β-unsaturated/α-hetero) is 1. The predicted octanol–water partition coefficient (Wildman–Crippen LogP) is 2.59. The summed E-state index contributed by atoms with van der Waals surface area (Å²) in [5.74, 6) is -0.0167. The Kier molecular flexibility index (Phi) is 3.37. The standard InChI is InChI=1S/C14H14N2O2/c1-3-13(18)14-10(2)12(9-17)15-16(14)11-7-5-4-6-8-11/h4-9H,3H2,1-2H3. The number of benzene rings is 1. The van der Waals surface area contributed by atoms with E-state index in [0.717, 1.165) is 5.69 Å². The summed E-state index contributed by atoms with van der Waals surface area (Å²) in [6, 6.07) is 9.34. The lowest BCUT2D eigenvalue weighted by atomic mass is 10.1. The Morgan fingerprint density at radius 2 is 2.00 bits per heavy atom. The van der Waals surface area contributed by atoms with Gasteiger partial charge in [-0.05, 0) is 19.1 Å². The van der Waals surface area contributed by atoms with Crippen molar-refractivity contribution in [3.8, 4) is 5.69 Å². The number of ketones is 1. The van der Waals surface area contributed by atoms with Crippen LogP contribution in [0.1, 0.15) is 39.9 Å². The Morgan fingerprint density at radius 3 is 2.56 bits per heavy atom. The smallest absolute Gasteiger partial charge is 0.181 e. The van der Waals surface area contributed by atoms with Crippen LogP contribution < -0.4 is 0 Å². The lowest BCUT2D eigenvalue weighted by Crippen LogP contribution is -2.09. The third-order valence-corrected chi connectivity index (χ3v) is 2.86. The largest absolute Gasteiger partial charge is 0.296 e. The van der Waals surface area contributed by atoms with Crippen LogP contribution in [0.5, 0.6) is 0 Å². The number of aldehydes is 1. The number of hydrogen-bond acceptors (Lipinski definition) is 3. The SMILES string of the molecule is CCC(=O)c1c(C)c(C=O)nn1-c1ccccc1. The predicted molar refractivity (Wildman–Crippen MR) is 68.3 cm³/mol. The van der Waals surface area contributed by atoms with Gasteiger partial charge in [-0.25, -0.2) is 4.68 Å². The lowest BCUT2D eigenvalue weighted by molar-refractivity contribution is 0.0980. The fraction of sp³-hybridized carbons (Fsp3) is 0.214. The number of carbonyl (C=O) groups is 2. The van der Waals surface area contributed by atoms with Gasteiger partial charge in [0, 0.05) is 12.0 Å². The molecule has 4 nitrogen and oxygen atoms in total. The van der Waals surface area contributed by atoms with E-state index in [-0.39, 0.29) is 5.78 Å². The third kappa shape index (κ3) is 1.97. The van der Waals surface area contributed by atoms with E-state index in [1.807, 2.05) is 30.3 Å². The molecule has 0 saturated heterocycles. The fourth-order valence-electron chi connectivity index (χ4n) is 1.88. The highest BCUT2D eigenvalue weighted by Crippen LogP contribution is 2.18. The van der Waals surface area contributed by atoms with Gasteiger partial charge >= 0.3 is 0 Å². The van der Waals surface area contributed by atoms with Crippen LogP contribution in [0, 0.1) is 6.92 Å². The average Bonchev–Trinajstić information content (AvgIpc) is 2.76. The van der Waals surface area contributed by atoms with E-state index < -0.39 is 0 Å². The molecule has 0 N–H and O–H groups in total. The van der Waals surface area contributed by atoms with Crippen molar-refractivity contribution < 1.29 is 9.59 Å². The summed E-state index contributed by atoms with van der Waals surface area (Å²) in [7, 11) is 0. The Labute approximate surface area is 105 Å². The highest BCUT2D eigenvalue weighted by molar-refractivity contribution is 5.98. The molecule has 0 aliphatic heterocycles. The molecule has 1 heterocycles. The van der Waals surface area contributed by atoms with Gasteiger partial charge in [-0.1, -0.05) is 25.1 Å². The maximum atomic E-state index is 12.0. The Hall–Kier alpha value is -2.23. The van der Waals surface area contributed by atoms with Crippen molar-refractivity contribution >= 4 is 12.1 Å². The van der Waals surface area contributed by atoms with Crippen molar-refractivity contribution in [3.05, 3.63) is 47.3 Å². The van der Waals surface area contributed by atoms with Gasteiger partial charge in [0.2, 0.25) is 0 Å². The van der Waals surface area contributed by atoms with E-state index in [2.05, 4.69) is 5.10 Å². The summed E-state index contributed by atoms with van der Waals surface area (Å²) >= 11 is 0. The van der Waals surface area contributed by atoms with Gasteiger partial charge in [-0.2, -0.15) is 5.10 Å². The topological polar surface area (TPSA) is 52.0 Å². The lowest BCUT2D eigenvalue weighted by Gasteiger charge is -2.06. The van der Waals surface area contributed by atoms with Crippen molar-refractivity contribution in [2.45, 2.75) is 20.3 Å². The van der Waals surface area contributed by atoms with Crippen LogP contribution in [0.4, 0.5) is 0 Å². The third-order valence-electron chi connectivity index (χ3n) is 2.86. The van der Waals surface area contributed by atoms with Gasteiger partial charge in [0.15, 0.2) is 12.1 Å². The molecule has 0 amide bonds. The summed E-state index contributed by atoms with van der Waals surface area (Å²) < 4.78 is 1.55. The molecule has 92 valence electrons. The molecule has 0 radical (unpaired) electrons. The molecule has 0 aliphatic carbocycles. The molecular weight excluding hydrogens is 228 g/mol. The highest BCUT2D eigenvalue weighted by Gasteiger charge is 2.19. The summed E-state index contributed by atoms with van der Waals surface area (Å²) in [5.41, 5.74) is 2.23. The van der Waals surface area contributed by atoms with Gasteiger partial charge in [0.1, 0.15) is 11.4 Å². The van der Waals surface area contributed by atoms with Crippen LogP contribution in [0.2, 0.25) is 0 Å². The van der Waals surface area contributed by atoms with Gasteiger partial charge in [-0.3, -0.25) is 9.59 Å². The minimum atomic E-state index is -0.0167. The van der Waals surface area contributed by atoms with Crippen LogP contribution in [0.25, 0.3) is 5.69 Å². The van der Waals surface area contributed by atoms with Crippen molar-refractivity contribution in [1.82, 2.24) is 9.78 Å². The van der Waals surface area contributed by atoms with Crippen molar-refractivity contribution in [1.29, 1.82) is 0 Å². The summed E-state index contributed by atoms with van der Waals surface area (Å²) in [5, 5.41) is 4.20. The molecule has 0 fully saturated rings. The molecule has 0 spiro atoms. The first-order valence-corrected chi connectivity index (χ1v) is 5.82. The molecule has 0 aliphatic rings. The zero-order valence-corrected chi connectivity index (χ0v) is 10.4. The number of nitrogens with zero attached hydrogens (tertiary/aromatic N) is 2. The zero-order chi connectivity index (χ0) is 13.1. The Morgan fingerprint density at radius 1 is 1.33 bits per heavy atom. The molecule has 18 heavy (non-hydrogen) atoms. The van der Waals surface area contributed by atoms with Crippen LogP contribution in [-0.2, 0) is 0 Å². The summed E-state index contributed by atoms with van der Waals surface area (Å²) in [4.78, 5) is 22.9. The van der Waals surface area contributed by atoms with Gasteiger partial charge in [0.05, 0.1) is 5.69 Å². The van der Waals surface area contributed by atoms with Gasteiger partial charge in [0.25, 0.3) is 0 Å². The second-order valence-electron chi connectivity index (χ2n) is 4.00. The average molecular weight is 242 g/mol. The van der Waals surface area contributed by atoms with Crippen molar-refractivity contribution in [2.24, 2.45) is 0 Å².